The van der Waals surface area contributed by atoms with E-state index in [-0.39, 0.29) is 11.8 Å². The highest BCUT2D eigenvalue weighted by molar-refractivity contribution is 7.99. The van der Waals surface area contributed by atoms with Crippen molar-refractivity contribution in [2.45, 2.75) is 32.2 Å². The first kappa shape index (κ1) is 17.2. The first-order valence-corrected chi connectivity index (χ1v) is 7.31. The smallest absolute Gasteiger partial charge is 0.237 e. The molecule has 0 spiro atoms. The summed E-state index contributed by atoms with van der Waals surface area (Å²) in [5.74, 6) is 0.920. The van der Waals surface area contributed by atoms with Crippen LogP contribution in [-0.2, 0) is 9.59 Å². The van der Waals surface area contributed by atoms with Crippen molar-refractivity contribution in [1.29, 1.82) is 0 Å². The fraction of sp³-hybridized carbons (Fsp3) is 0.833. The summed E-state index contributed by atoms with van der Waals surface area (Å²) in [4.78, 5) is 24.4. The monoisotopic (exact) mass is 275 g/mol. The van der Waals surface area contributed by atoms with Gasteiger partial charge >= 0.3 is 0 Å². The van der Waals surface area contributed by atoms with E-state index in [4.69, 9.17) is 5.73 Å². The minimum absolute atomic E-state index is 0.0855. The number of nitrogens with two attached hydrogens (primary N) is 1. The predicted octanol–water partition coefficient (Wildman–Crippen LogP) is 0.442. The molecule has 0 aromatic heterocycles. The summed E-state index contributed by atoms with van der Waals surface area (Å²) in [6.07, 6.45) is 1.59. The highest BCUT2D eigenvalue weighted by Gasteiger charge is 2.29. The van der Waals surface area contributed by atoms with E-state index in [2.05, 4.69) is 5.32 Å². The summed E-state index contributed by atoms with van der Waals surface area (Å²) < 4.78 is 0. The van der Waals surface area contributed by atoms with Gasteiger partial charge in [-0.25, -0.2) is 0 Å². The van der Waals surface area contributed by atoms with Gasteiger partial charge in [-0.15, -0.1) is 0 Å². The number of nitrogens with one attached hydrogen (secondary N) is 1. The SMILES string of the molecule is CCCNC(C)(CCSCC(=O)N(C)C)C(N)=O. The number of carbonyl (C=O) groups is 2. The second kappa shape index (κ2) is 8.37. The number of rotatable bonds is 9. The third-order valence-electron chi connectivity index (χ3n) is 2.78. The molecule has 0 fully saturated rings. The topological polar surface area (TPSA) is 75.4 Å². The van der Waals surface area contributed by atoms with Gasteiger partial charge in [0.2, 0.25) is 11.8 Å². The van der Waals surface area contributed by atoms with Crippen molar-refractivity contribution in [3.05, 3.63) is 0 Å². The van der Waals surface area contributed by atoms with E-state index in [0.717, 1.165) is 18.7 Å². The number of carbonyl (C=O) groups excluding carboxylic acids is 2. The normalized spacial score (nSPS) is 14.0. The lowest BCUT2D eigenvalue weighted by Gasteiger charge is -2.27. The summed E-state index contributed by atoms with van der Waals surface area (Å²) in [5.41, 5.74) is 4.74. The zero-order valence-electron chi connectivity index (χ0n) is 11.8. The maximum Gasteiger partial charge on any atom is 0.237 e. The summed E-state index contributed by atoms with van der Waals surface area (Å²) in [5, 5.41) is 3.17. The highest BCUT2D eigenvalue weighted by Crippen LogP contribution is 2.14. The Kier molecular flexibility index (Phi) is 8.02. The van der Waals surface area contributed by atoms with Crippen molar-refractivity contribution in [3.63, 3.8) is 0 Å². The van der Waals surface area contributed by atoms with Gasteiger partial charge in [-0.05, 0) is 32.1 Å². The van der Waals surface area contributed by atoms with Crippen LogP contribution < -0.4 is 11.1 Å². The molecule has 0 aromatic carbocycles. The lowest BCUT2D eigenvalue weighted by Crippen LogP contribution is -2.53. The quantitative estimate of drug-likeness (QED) is 0.599. The van der Waals surface area contributed by atoms with Crippen LogP contribution in [0, 0.1) is 0 Å². The van der Waals surface area contributed by atoms with Crippen molar-refractivity contribution in [3.8, 4) is 0 Å². The van der Waals surface area contributed by atoms with E-state index in [0.29, 0.717) is 12.2 Å². The van der Waals surface area contributed by atoms with Gasteiger partial charge in [-0.3, -0.25) is 9.59 Å². The van der Waals surface area contributed by atoms with Gasteiger partial charge in [-0.2, -0.15) is 11.8 Å². The molecule has 0 radical (unpaired) electrons. The van der Waals surface area contributed by atoms with Crippen LogP contribution in [0.5, 0.6) is 0 Å². The van der Waals surface area contributed by atoms with Crippen LogP contribution in [0.1, 0.15) is 26.7 Å². The Morgan fingerprint density at radius 2 is 2.00 bits per heavy atom. The molecule has 0 saturated carbocycles. The lowest BCUT2D eigenvalue weighted by molar-refractivity contribution is -0.126. The van der Waals surface area contributed by atoms with Crippen LogP contribution in [0.25, 0.3) is 0 Å². The molecule has 5 nitrogen and oxygen atoms in total. The molecular formula is C12H25N3O2S. The predicted molar refractivity (Wildman–Crippen MR) is 76.5 cm³/mol. The van der Waals surface area contributed by atoms with E-state index in [9.17, 15) is 9.59 Å². The van der Waals surface area contributed by atoms with E-state index < -0.39 is 5.54 Å². The Balaban J connectivity index is 4.05. The molecule has 0 aromatic rings. The van der Waals surface area contributed by atoms with Gasteiger partial charge in [-0.1, -0.05) is 6.92 Å². The molecule has 6 heteroatoms. The van der Waals surface area contributed by atoms with Crippen molar-refractivity contribution in [1.82, 2.24) is 10.2 Å². The van der Waals surface area contributed by atoms with E-state index in [1.807, 2.05) is 13.8 Å². The van der Waals surface area contributed by atoms with Crippen molar-refractivity contribution < 1.29 is 9.59 Å². The zero-order chi connectivity index (χ0) is 14.2. The Hall–Kier alpha value is -0.750. The highest BCUT2D eigenvalue weighted by atomic mass is 32.2. The van der Waals surface area contributed by atoms with Crippen LogP contribution >= 0.6 is 11.8 Å². The third-order valence-corrected chi connectivity index (χ3v) is 3.72. The van der Waals surface area contributed by atoms with Crippen molar-refractivity contribution >= 4 is 23.6 Å². The summed E-state index contributed by atoms with van der Waals surface area (Å²) in [6, 6.07) is 0. The molecule has 0 rings (SSSR count). The Bertz CT molecular complexity index is 284. The van der Waals surface area contributed by atoms with Crippen LogP contribution in [0.3, 0.4) is 0 Å². The molecule has 0 bridgehead atoms. The lowest BCUT2D eigenvalue weighted by atomic mass is 9.98. The van der Waals surface area contributed by atoms with Gasteiger partial charge < -0.3 is 16.0 Å². The van der Waals surface area contributed by atoms with Gasteiger partial charge in [0.15, 0.2) is 0 Å². The number of primary amides is 1. The molecule has 0 saturated heterocycles. The first-order chi connectivity index (χ1) is 8.33. The average molecular weight is 275 g/mol. The van der Waals surface area contributed by atoms with Crippen LogP contribution in [-0.4, -0.2) is 54.4 Å². The van der Waals surface area contributed by atoms with E-state index in [1.54, 1.807) is 19.0 Å². The largest absolute Gasteiger partial charge is 0.368 e. The van der Waals surface area contributed by atoms with E-state index >= 15 is 0 Å². The number of nitrogens with zero attached hydrogens (tertiary/aromatic N) is 1. The minimum Gasteiger partial charge on any atom is -0.368 e. The first-order valence-electron chi connectivity index (χ1n) is 6.16. The van der Waals surface area contributed by atoms with Gasteiger partial charge in [0, 0.05) is 14.1 Å². The van der Waals surface area contributed by atoms with Crippen molar-refractivity contribution in [2.75, 3.05) is 32.1 Å². The summed E-state index contributed by atoms with van der Waals surface area (Å²) in [6.45, 7) is 4.62. The fourth-order valence-electron chi connectivity index (χ4n) is 1.26. The molecule has 0 aliphatic carbocycles. The zero-order valence-corrected chi connectivity index (χ0v) is 12.6. The Labute approximate surface area is 114 Å². The maximum absolute atomic E-state index is 11.4. The third kappa shape index (κ3) is 6.26. The van der Waals surface area contributed by atoms with Gasteiger partial charge in [0.25, 0.3) is 0 Å². The number of amides is 2. The summed E-state index contributed by atoms with van der Waals surface area (Å²) in [7, 11) is 3.47. The molecule has 3 N–H and O–H groups in total. The van der Waals surface area contributed by atoms with Gasteiger partial charge in [0.05, 0.1) is 11.3 Å². The van der Waals surface area contributed by atoms with Crippen LogP contribution in [0.2, 0.25) is 0 Å². The van der Waals surface area contributed by atoms with Crippen LogP contribution in [0.4, 0.5) is 0 Å². The standard InChI is InChI=1S/C12H25N3O2S/c1-5-7-14-12(2,11(13)17)6-8-18-9-10(16)15(3)4/h14H,5-9H2,1-4H3,(H2,13,17). The number of hydrogen-bond donors (Lipinski definition) is 2. The Morgan fingerprint density at radius 3 is 2.44 bits per heavy atom. The molecule has 0 aliphatic heterocycles. The molecule has 1 atom stereocenters. The van der Waals surface area contributed by atoms with Gasteiger partial charge in [0.1, 0.15) is 0 Å². The minimum atomic E-state index is -0.676. The summed E-state index contributed by atoms with van der Waals surface area (Å²) >= 11 is 1.53. The fourth-order valence-corrected chi connectivity index (χ4v) is 2.39. The Morgan fingerprint density at radius 1 is 1.39 bits per heavy atom. The van der Waals surface area contributed by atoms with Crippen LogP contribution in [0.15, 0.2) is 0 Å². The average Bonchev–Trinajstić information content (AvgIpc) is 2.31. The molecule has 1 unspecified atom stereocenters. The molecule has 0 heterocycles. The molecule has 2 amide bonds. The second-order valence-electron chi connectivity index (χ2n) is 4.71. The molecule has 106 valence electrons. The maximum atomic E-state index is 11.4. The number of thioether (sulfide) groups is 1. The second-order valence-corrected chi connectivity index (χ2v) is 5.82. The molecular weight excluding hydrogens is 250 g/mol. The van der Waals surface area contributed by atoms with Crippen molar-refractivity contribution in [2.24, 2.45) is 5.73 Å². The molecule has 0 aliphatic rings. The molecule has 18 heavy (non-hydrogen) atoms. The van der Waals surface area contributed by atoms with E-state index in [1.165, 1.54) is 11.8 Å². The number of hydrogen-bond acceptors (Lipinski definition) is 4.